The molecule has 0 aliphatic carbocycles. The molecule has 1 N–H and O–H groups in total. The normalized spacial score (nSPS) is 10.8. The summed E-state index contributed by atoms with van der Waals surface area (Å²) in [5.74, 6) is 0.675. The van der Waals surface area contributed by atoms with Crippen molar-refractivity contribution in [2.45, 2.75) is 20.8 Å². The lowest BCUT2D eigenvalue weighted by molar-refractivity contribution is 1.02. The first-order valence-corrected chi connectivity index (χ1v) is 4.43. The molecule has 0 saturated heterocycles. The standard InChI is InChI=1S/C10H11N3O/c1-5-4-8-6(2)11-7(3)12-9(8)13-10(5)14/h4H,1-3H3,(H,11,12,13,14). The number of hydrogen-bond acceptors (Lipinski definition) is 3. The summed E-state index contributed by atoms with van der Waals surface area (Å²) in [6.07, 6.45) is 0. The van der Waals surface area contributed by atoms with E-state index in [1.807, 2.05) is 19.9 Å². The van der Waals surface area contributed by atoms with Crippen molar-refractivity contribution in [2.24, 2.45) is 0 Å². The van der Waals surface area contributed by atoms with Crippen molar-refractivity contribution in [2.75, 3.05) is 0 Å². The van der Waals surface area contributed by atoms with Crippen LogP contribution >= 0.6 is 0 Å². The Morgan fingerprint density at radius 3 is 2.64 bits per heavy atom. The van der Waals surface area contributed by atoms with Crippen LogP contribution in [0.15, 0.2) is 10.9 Å². The topological polar surface area (TPSA) is 58.6 Å². The molecule has 0 unspecified atom stereocenters. The van der Waals surface area contributed by atoms with E-state index in [1.165, 1.54) is 0 Å². The zero-order chi connectivity index (χ0) is 10.3. The Hall–Kier alpha value is -1.71. The maximum atomic E-state index is 11.3. The molecule has 0 fully saturated rings. The minimum Gasteiger partial charge on any atom is -0.306 e. The minimum absolute atomic E-state index is 0.0880. The highest BCUT2D eigenvalue weighted by Crippen LogP contribution is 2.11. The number of aromatic amines is 1. The van der Waals surface area contributed by atoms with E-state index in [-0.39, 0.29) is 5.56 Å². The summed E-state index contributed by atoms with van der Waals surface area (Å²) in [4.78, 5) is 22.5. The van der Waals surface area contributed by atoms with E-state index in [9.17, 15) is 4.79 Å². The molecular formula is C10H11N3O. The van der Waals surface area contributed by atoms with Gasteiger partial charge in [0.15, 0.2) is 0 Å². The molecule has 2 rings (SSSR count). The van der Waals surface area contributed by atoms with E-state index in [4.69, 9.17) is 0 Å². The van der Waals surface area contributed by atoms with Crippen LogP contribution in [0.3, 0.4) is 0 Å². The predicted octanol–water partition coefficient (Wildman–Crippen LogP) is 1.24. The first-order valence-electron chi connectivity index (χ1n) is 4.43. The van der Waals surface area contributed by atoms with Crippen LogP contribution in [-0.2, 0) is 0 Å². The van der Waals surface area contributed by atoms with E-state index >= 15 is 0 Å². The van der Waals surface area contributed by atoms with Crippen LogP contribution in [0.4, 0.5) is 0 Å². The number of rotatable bonds is 0. The van der Waals surface area contributed by atoms with Gasteiger partial charge in [0, 0.05) is 10.9 Å². The van der Waals surface area contributed by atoms with Crippen molar-refractivity contribution < 1.29 is 0 Å². The van der Waals surface area contributed by atoms with Crippen LogP contribution in [0, 0.1) is 20.8 Å². The molecular weight excluding hydrogens is 178 g/mol. The molecule has 0 amide bonds. The number of H-pyrrole nitrogens is 1. The molecule has 4 nitrogen and oxygen atoms in total. The van der Waals surface area contributed by atoms with Gasteiger partial charge in [0.05, 0.1) is 5.69 Å². The molecule has 72 valence electrons. The zero-order valence-corrected chi connectivity index (χ0v) is 8.38. The van der Waals surface area contributed by atoms with E-state index < -0.39 is 0 Å². The summed E-state index contributed by atoms with van der Waals surface area (Å²) in [5, 5.41) is 0.910. The monoisotopic (exact) mass is 189 g/mol. The number of fused-ring (bicyclic) bond motifs is 1. The lowest BCUT2D eigenvalue weighted by Crippen LogP contribution is -2.10. The van der Waals surface area contributed by atoms with Gasteiger partial charge in [-0.3, -0.25) is 4.79 Å². The molecule has 14 heavy (non-hydrogen) atoms. The SMILES string of the molecule is Cc1nc(C)c2cc(C)c(=O)[nH]c2n1. The number of pyridine rings is 1. The Bertz CT molecular complexity index is 557. The third-order valence-corrected chi connectivity index (χ3v) is 2.20. The van der Waals surface area contributed by atoms with Gasteiger partial charge in [-0.25, -0.2) is 9.97 Å². The minimum atomic E-state index is -0.0880. The van der Waals surface area contributed by atoms with Crippen LogP contribution in [-0.4, -0.2) is 15.0 Å². The van der Waals surface area contributed by atoms with Gasteiger partial charge in [-0.2, -0.15) is 0 Å². The van der Waals surface area contributed by atoms with Crippen molar-refractivity contribution in [3.8, 4) is 0 Å². The molecule has 0 aliphatic rings. The molecule has 0 spiro atoms. The molecule has 4 heteroatoms. The lowest BCUT2D eigenvalue weighted by Gasteiger charge is -2.02. The number of hydrogen-bond donors (Lipinski definition) is 1. The number of aromatic nitrogens is 3. The van der Waals surface area contributed by atoms with Gasteiger partial charge in [0.25, 0.3) is 5.56 Å². The van der Waals surface area contributed by atoms with Crippen molar-refractivity contribution in [3.05, 3.63) is 33.5 Å². The first-order chi connectivity index (χ1) is 6.58. The largest absolute Gasteiger partial charge is 0.306 e. The molecule has 0 radical (unpaired) electrons. The zero-order valence-electron chi connectivity index (χ0n) is 8.38. The molecule has 0 atom stereocenters. The van der Waals surface area contributed by atoms with Crippen LogP contribution in [0.2, 0.25) is 0 Å². The van der Waals surface area contributed by atoms with Crippen molar-refractivity contribution in [1.82, 2.24) is 15.0 Å². The molecule has 2 aromatic rings. The average Bonchev–Trinajstić information content (AvgIpc) is 2.08. The van der Waals surface area contributed by atoms with Crippen LogP contribution < -0.4 is 5.56 Å². The van der Waals surface area contributed by atoms with Gasteiger partial charge in [0.2, 0.25) is 0 Å². The summed E-state index contributed by atoms with van der Waals surface area (Å²) in [7, 11) is 0. The van der Waals surface area contributed by atoms with Gasteiger partial charge >= 0.3 is 0 Å². The summed E-state index contributed by atoms with van der Waals surface area (Å²) in [5.41, 5.74) is 2.11. The van der Waals surface area contributed by atoms with Crippen LogP contribution in [0.5, 0.6) is 0 Å². The second-order valence-electron chi connectivity index (χ2n) is 3.40. The molecule has 2 heterocycles. The first kappa shape index (κ1) is 8.87. The smallest absolute Gasteiger partial charge is 0.252 e. The summed E-state index contributed by atoms with van der Waals surface area (Å²) in [6.45, 7) is 5.50. The predicted molar refractivity (Wildman–Crippen MR) is 54.4 cm³/mol. The quantitative estimate of drug-likeness (QED) is 0.678. The highest BCUT2D eigenvalue weighted by atomic mass is 16.1. The fourth-order valence-corrected chi connectivity index (χ4v) is 1.48. The van der Waals surface area contributed by atoms with Gasteiger partial charge in [0.1, 0.15) is 11.5 Å². The molecule has 0 bridgehead atoms. The van der Waals surface area contributed by atoms with E-state index in [1.54, 1.807) is 6.92 Å². The van der Waals surface area contributed by atoms with Crippen LogP contribution in [0.25, 0.3) is 11.0 Å². The second-order valence-corrected chi connectivity index (χ2v) is 3.40. The van der Waals surface area contributed by atoms with E-state index in [0.717, 1.165) is 11.1 Å². The molecule has 0 saturated carbocycles. The average molecular weight is 189 g/mol. The van der Waals surface area contributed by atoms with Gasteiger partial charge in [-0.1, -0.05) is 0 Å². The number of nitrogens with zero attached hydrogens (tertiary/aromatic N) is 2. The van der Waals surface area contributed by atoms with Crippen molar-refractivity contribution in [3.63, 3.8) is 0 Å². The maximum absolute atomic E-state index is 11.3. The Balaban J connectivity index is 2.96. The summed E-state index contributed by atoms with van der Waals surface area (Å²) in [6, 6.07) is 1.82. The molecule has 0 aromatic carbocycles. The fourth-order valence-electron chi connectivity index (χ4n) is 1.48. The molecule has 2 aromatic heterocycles. The van der Waals surface area contributed by atoms with Crippen LogP contribution in [0.1, 0.15) is 17.1 Å². The van der Waals surface area contributed by atoms with Crippen molar-refractivity contribution in [1.29, 1.82) is 0 Å². The summed E-state index contributed by atoms with van der Waals surface area (Å²) < 4.78 is 0. The highest BCUT2D eigenvalue weighted by Gasteiger charge is 2.04. The van der Waals surface area contributed by atoms with Gasteiger partial charge < -0.3 is 4.98 Å². The van der Waals surface area contributed by atoms with E-state index in [2.05, 4.69) is 15.0 Å². The fraction of sp³-hybridized carbons (Fsp3) is 0.300. The third-order valence-electron chi connectivity index (χ3n) is 2.20. The summed E-state index contributed by atoms with van der Waals surface area (Å²) >= 11 is 0. The number of aryl methyl sites for hydroxylation is 3. The molecule has 0 aliphatic heterocycles. The van der Waals surface area contributed by atoms with E-state index in [0.29, 0.717) is 17.0 Å². The maximum Gasteiger partial charge on any atom is 0.252 e. The second kappa shape index (κ2) is 2.90. The third kappa shape index (κ3) is 1.28. The highest BCUT2D eigenvalue weighted by molar-refractivity contribution is 5.77. The number of nitrogens with one attached hydrogen (secondary N) is 1. The van der Waals surface area contributed by atoms with Crippen molar-refractivity contribution >= 4 is 11.0 Å². The Kier molecular flexibility index (Phi) is 1.84. The Morgan fingerprint density at radius 2 is 1.93 bits per heavy atom. The van der Waals surface area contributed by atoms with Gasteiger partial charge in [-0.15, -0.1) is 0 Å². The van der Waals surface area contributed by atoms with Gasteiger partial charge in [-0.05, 0) is 26.8 Å². The Morgan fingerprint density at radius 1 is 1.21 bits per heavy atom. The lowest BCUT2D eigenvalue weighted by atomic mass is 10.2. The Labute approximate surface area is 81.0 Å².